The lowest BCUT2D eigenvalue weighted by molar-refractivity contribution is -0.121. The molecule has 1 aliphatic heterocycles. The molecule has 92 valence electrons. The van der Waals surface area contributed by atoms with Crippen LogP contribution in [0.25, 0.3) is 0 Å². The van der Waals surface area contributed by atoms with Gasteiger partial charge in [0.05, 0.1) is 18.7 Å². The highest BCUT2D eigenvalue weighted by atomic mass is 16.5. The van der Waals surface area contributed by atoms with E-state index in [-0.39, 0.29) is 11.8 Å². The van der Waals surface area contributed by atoms with E-state index in [1.807, 2.05) is 18.2 Å². The molecule has 0 bridgehead atoms. The Morgan fingerprint density at radius 1 is 1.53 bits per heavy atom. The molecular formula is C13H18N2O2. The molecule has 0 saturated carbocycles. The first-order valence-electron chi connectivity index (χ1n) is 5.93. The number of rotatable bonds is 4. The van der Waals surface area contributed by atoms with Crippen molar-refractivity contribution in [2.75, 3.05) is 25.5 Å². The van der Waals surface area contributed by atoms with Gasteiger partial charge in [0.2, 0.25) is 5.91 Å². The summed E-state index contributed by atoms with van der Waals surface area (Å²) in [5.41, 5.74) is 1.96. The zero-order valence-electron chi connectivity index (χ0n) is 10.2. The van der Waals surface area contributed by atoms with Crippen LogP contribution < -0.4 is 15.4 Å². The molecule has 2 N–H and O–H groups in total. The van der Waals surface area contributed by atoms with Crippen LogP contribution in [-0.2, 0) is 11.2 Å². The monoisotopic (exact) mass is 234 g/mol. The molecule has 1 aromatic carbocycles. The third-order valence-corrected chi connectivity index (χ3v) is 3.08. The molecule has 0 radical (unpaired) electrons. The Morgan fingerprint density at radius 3 is 2.82 bits per heavy atom. The molecule has 0 atom stereocenters. The van der Waals surface area contributed by atoms with Crippen LogP contribution in [0.2, 0.25) is 0 Å². The number of amides is 1. The molecule has 1 aromatic rings. The number of nitrogens with one attached hydrogen (secondary N) is 2. The number of benzene rings is 1. The lowest BCUT2D eigenvalue weighted by Crippen LogP contribution is -2.48. The van der Waals surface area contributed by atoms with Crippen LogP contribution in [-0.4, -0.2) is 26.1 Å². The summed E-state index contributed by atoms with van der Waals surface area (Å²) in [6.45, 7) is 3.62. The Labute approximate surface area is 101 Å². The highest BCUT2D eigenvalue weighted by molar-refractivity contribution is 5.94. The zero-order chi connectivity index (χ0) is 12.3. The maximum atomic E-state index is 11.9. The Kier molecular flexibility index (Phi) is 3.64. The molecule has 0 aliphatic carbocycles. The minimum Gasteiger partial charge on any atom is -0.495 e. The highest BCUT2D eigenvalue weighted by Crippen LogP contribution is 2.26. The summed E-state index contributed by atoms with van der Waals surface area (Å²) in [7, 11) is 1.61. The van der Waals surface area contributed by atoms with E-state index >= 15 is 0 Å². The van der Waals surface area contributed by atoms with Gasteiger partial charge in [-0.25, -0.2) is 0 Å². The van der Waals surface area contributed by atoms with E-state index in [2.05, 4.69) is 17.6 Å². The van der Waals surface area contributed by atoms with Crippen LogP contribution in [0.4, 0.5) is 5.69 Å². The van der Waals surface area contributed by atoms with Crippen molar-refractivity contribution in [3.05, 3.63) is 23.8 Å². The summed E-state index contributed by atoms with van der Waals surface area (Å²) < 4.78 is 5.25. The van der Waals surface area contributed by atoms with Crippen LogP contribution in [0.1, 0.15) is 12.5 Å². The average molecular weight is 234 g/mol. The number of hydrogen-bond donors (Lipinski definition) is 2. The van der Waals surface area contributed by atoms with Gasteiger partial charge in [0, 0.05) is 13.1 Å². The standard InChI is InChI=1S/C13H18N2O2/c1-3-9-4-5-12(17-2)11(6-9)15-13(16)10-7-14-8-10/h4-6,10,14H,3,7-8H2,1-2H3,(H,15,16). The zero-order valence-corrected chi connectivity index (χ0v) is 10.2. The fraction of sp³-hybridized carbons (Fsp3) is 0.462. The molecule has 1 heterocycles. The average Bonchev–Trinajstić information content (AvgIpc) is 2.26. The van der Waals surface area contributed by atoms with Crippen LogP contribution >= 0.6 is 0 Å². The van der Waals surface area contributed by atoms with E-state index in [4.69, 9.17) is 4.74 Å². The van der Waals surface area contributed by atoms with Gasteiger partial charge in [-0.05, 0) is 24.1 Å². The predicted molar refractivity (Wildman–Crippen MR) is 67.4 cm³/mol. The number of methoxy groups -OCH3 is 1. The maximum absolute atomic E-state index is 11.9. The number of ether oxygens (including phenoxy) is 1. The van der Waals surface area contributed by atoms with E-state index in [0.29, 0.717) is 5.75 Å². The molecule has 0 spiro atoms. The van der Waals surface area contributed by atoms with Crippen molar-refractivity contribution in [1.29, 1.82) is 0 Å². The SMILES string of the molecule is CCc1ccc(OC)c(NC(=O)C2CNC2)c1. The molecule has 1 saturated heterocycles. The second-order valence-corrected chi connectivity index (χ2v) is 4.23. The van der Waals surface area contributed by atoms with E-state index in [1.54, 1.807) is 7.11 Å². The second-order valence-electron chi connectivity index (χ2n) is 4.23. The number of aryl methyl sites for hydroxylation is 1. The van der Waals surface area contributed by atoms with Crippen molar-refractivity contribution in [3.63, 3.8) is 0 Å². The lowest BCUT2D eigenvalue weighted by Gasteiger charge is -2.26. The lowest BCUT2D eigenvalue weighted by atomic mass is 10.0. The molecule has 17 heavy (non-hydrogen) atoms. The van der Waals surface area contributed by atoms with Crippen molar-refractivity contribution in [2.24, 2.45) is 5.92 Å². The van der Waals surface area contributed by atoms with Crippen molar-refractivity contribution in [3.8, 4) is 5.75 Å². The van der Waals surface area contributed by atoms with Gasteiger partial charge in [-0.2, -0.15) is 0 Å². The van der Waals surface area contributed by atoms with Crippen LogP contribution in [0.5, 0.6) is 5.75 Å². The van der Waals surface area contributed by atoms with Gasteiger partial charge < -0.3 is 15.4 Å². The van der Waals surface area contributed by atoms with E-state index in [0.717, 1.165) is 25.2 Å². The number of carbonyl (C=O) groups excluding carboxylic acids is 1. The van der Waals surface area contributed by atoms with Gasteiger partial charge in [-0.1, -0.05) is 13.0 Å². The predicted octanol–water partition coefficient (Wildman–Crippen LogP) is 1.42. The molecule has 4 heteroatoms. The van der Waals surface area contributed by atoms with Crippen molar-refractivity contribution in [1.82, 2.24) is 5.32 Å². The first-order chi connectivity index (χ1) is 8.24. The summed E-state index contributed by atoms with van der Waals surface area (Å²) in [6.07, 6.45) is 0.942. The Bertz CT molecular complexity index is 414. The first kappa shape index (κ1) is 11.9. The minimum atomic E-state index is 0.0651. The topological polar surface area (TPSA) is 50.4 Å². The van der Waals surface area contributed by atoms with Crippen molar-refractivity contribution >= 4 is 11.6 Å². The van der Waals surface area contributed by atoms with E-state index in [1.165, 1.54) is 5.56 Å². The summed E-state index contributed by atoms with van der Waals surface area (Å²) in [6, 6.07) is 5.88. The summed E-state index contributed by atoms with van der Waals surface area (Å²) in [5, 5.41) is 6.02. The smallest absolute Gasteiger partial charge is 0.230 e. The first-order valence-corrected chi connectivity index (χ1v) is 5.93. The van der Waals surface area contributed by atoms with Crippen LogP contribution in [0, 0.1) is 5.92 Å². The fourth-order valence-corrected chi connectivity index (χ4v) is 1.78. The molecule has 0 aromatic heterocycles. The van der Waals surface area contributed by atoms with Gasteiger partial charge in [-0.3, -0.25) is 4.79 Å². The summed E-state index contributed by atoms with van der Waals surface area (Å²) in [4.78, 5) is 11.9. The number of hydrogen-bond acceptors (Lipinski definition) is 3. The quantitative estimate of drug-likeness (QED) is 0.828. The fourth-order valence-electron chi connectivity index (χ4n) is 1.78. The van der Waals surface area contributed by atoms with Crippen LogP contribution in [0.15, 0.2) is 18.2 Å². The van der Waals surface area contributed by atoms with Gasteiger partial charge in [0.15, 0.2) is 0 Å². The highest BCUT2D eigenvalue weighted by Gasteiger charge is 2.25. The summed E-state index contributed by atoms with van der Waals surface area (Å²) in [5.74, 6) is 0.864. The van der Waals surface area contributed by atoms with Gasteiger partial charge in [0.25, 0.3) is 0 Å². The molecule has 0 unspecified atom stereocenters. The molecule has 4 nitrogen and oxygen atoms in total. The largest absolute Gasteiger partial charge is 0.495 e. The maximum Gasteiger partial charge on any atom is 0.230 e. The second kappa shape index (κ2) is 5.19. The summed E-state index contributed by atoms with van der Waals surface area (Å²) >= 11 is 0. The van der Waals surface area contributed by atoms with E-state index in [9.17, 15) is 4.79 Å². The Hall–Kier alpha value is -1.55. The van der Waals surface area contributed by atoms with E-state index < -0.39 is 0 Å². The third kappa shape index (κ3) is 2.58. The van der Waals surface area contributed by atoms with Crippen molar-refractivity contribution < 1.29 is 9.53 Å². The Morgan fingerprint density at radius 2 is 2.29 bits per heavy atom. The van der Waals surface area contributed by atoms with Gasteiger partial charge in [-0.15, -0.1) is 0 Å². The molecular weight excluding hydrogens is 216 g/mol. The van der Waals surface area contributed by atoms with Gasteiger partial charge >= 0.3 is 0 Å². The molecule has 1 amide bonds. The molecule has 1 fully saturated rings. The minimum absolute atomic E-state index is 0.0651. The van der Waals surface area contributed by atoms with Gasteiger partial charge in [0.1, 0.15) is 5.75 Å². The number of carbonyl (C=O) groups is 1. The van der Waals surface area contributed by atoms with Crippen LogP contribution in [0.3, 0.4) is 0 Å². The normalized spacial score (nSPS) is 15.2. The molecule has 2 rings (SSSR count). The Balaban J connectivity index is 2.14. The number of anilines is 1. The third-order valence-electron chi connectivity index (χ3n) is 3.08. The van der Waals surface area contributed by atoms with Crippen molar-refractivity contribution in [2.45, 2.75) is 13.3 Å². The molecule has 1 aliphatic rings.